The Kier molecular flexibility index (Phi) is 3.08. The molecule has 1 unspecified atom stereocenters. The molecule has 0 radical (unpaired) electrons. The van der Waals surface area contributed by atoms with Gasteiger partial charge in [0.05, 0.1) is 17.4 Å². The maximum atomic E-state index is 6.40. The zero-order valence-electron chi connectivity index (χ0n) is 11.0. The van der Waals surface area contributed by atoms with Crippen molar-refractivity contribution in [1.82, 2.24) is 9.55 Å². The van der Waals surface area contributed by atoms with Crippen LogP contribution in [0.3, 0.4) is 0 Å². The van der Waals surface area contributed by atoms with Crippen LogP contribution < -0.4 is 5.73 Å². The number of imidazole rings is 1. The van der Waals surface area contributed by atoms with Crippen molar-refractivity contribution in [3.05, 3.63) is 30.1 Å². The first kappa shape index (κ1) is 11.7. The molecule has 3 nitrogen and oxygen atoms in total. The predicted octanol–water partition coefficient (Wildman–Crippen LogP) is 3.25. The Hall–Kier alpha value is -1.35. The fourth-order valence-corrected chi connectivity index (χ4v) is 3.13. The highest BCUT2D eigenvalue weighted by atomic mass is 15.0. The van der Waals surface area contributed by atoms with E-state index in [0.29, 0.717) is 5.92 Å². The first-order valence-electron chi connectivity index (χ1n) is 7.00. The predicted molar refractivity (Wildman–Crippen MR) is 74.3 cm³/mol. The summed E-state index contributed by atoms with van der Waals surface area (Å²) in [5, 5.41) is 0. The van der Waals surface area contributed by atoms with Crippen LogP contribution in [0.4, 0.5) is 0 Å². The van der Waals surface area contributed by atoms with Crippen molar-refractivity contribution in [2.75, 3.05) is 0 Å². The molecule has 0 saturated heterocycles. The lowest BCUT2D eigenvalue weighted by molar-refractivity contribution is 0.445. The van der Waals surface area contributed by atoms with Gasteiger partial charge in [0.25, 0.3) is 0 Å². The van der Waals surface area contributed by atoms with Crippen LogP contribution in [0.2, 0.25) is 0 Å². The first-order valence-corrected chi connectivity index (χ1v) is 7.00. The summed E-state index contributed by atoms with van der Waals surface area (Å²) in [5.41, 5.74) is 9.92. The number of aryl methyl sites for hydroxylation is 1. The number of rotatable bonds is 3. The highest BCUT2D eigenvalue weighted by molar-refractivity contribution is 5.76. The van der Waals surface area contributed by atoms with Crippen LogP contribution in [0.5, 0.6) is 0 Å². The minimum atomic E-state index is 0.184. The van der Waals surface area contributed by atoms with E-state index in [4.69, 9.17) is 5.73 Å². The number of hydrogen-bond acceptors (Lipinski definition) is 2. The van der Waals surface area contributed by atoms with Gasteiger partial charge in [0.15, 0.2) is 0 Å². The van der Waals surface area contributed by atoms with E-state index in [1.165, 1.54) is 36.8 Å². The smallest absolute Gasteiger partial charge is 0.0958 e. The Morgan fingerprint density at radius 2 is 2.17 bits per heavy atom. The third-order valence-corrected chi connectivity index (χ3v) is 4.28. The number of nitrogens with zero attached hydrogens (tertiary/aromatic N) is 2. The maximum Gasteiger partial charge on any atom is 0.0958 e. The lowest BCUT2D eigenvalue weighted by Gasteiger charge is -2.19. The molecule has 1 aliphatic rings. The highest BCUT2D eigenvalue weighted by Crippen LogP contribution is 2.34. The largest absolute Gasteiger partial charge is 0.331 e. The lowest BCUT2D eigenvalue weighted by atomic mass is 9.92. The van der Waals surface area contributed by atoms with Crippen LogP contribution in [0.15, 0.2) is 24.5 Å². The average molecular weight is 243 g/mol. The SMILES string of the molecule is CCn1cnc2cc(C(N)C3CCCC3)ccc21. The quantitative estimate of drug-likeness (QED) is 0.899. The highest BCUT2D eigenvalue weighted by Gasteiger charge is 2.23. The number of aromatic nitrogens is 2. The van der Waals surface area contributed by atoms with Gasteiger partial charge in [-0.1, -0.05) is 18.9 Å². The van der Waals surface area contributed by atoms with Gasteiger partial charge in [-0.25, -0.2) is 4.98 Å². The van der Waals surface area contributed by atoms with Crippen molar-refractivity contribution >= 4 is 11.0 Å². The summed E-state index contributed by atoms with van der Waals surface area (Å²) in [5.74, 6) is 0.663. The number of fused-ring (bicyclic) bond motifs is 1. The molecular weight excluding hydrogens is 222 g/mol. The van der Waals surface area contributed by atoms with Gasteiger partial charge >= 0.3 is 0 Å². The van der Waals surface area contributed by atoms with Crippen molar-refractivity contribution < 1.29 is 0 Å². The van der Waals surface area contributed by atoms with Crippen molar-refractivity contribution in [2.45, 2.75) is 45.2 Å². The molecule has 1 fully saturated rings. The monoisotopic (exact) mass is 243 g/mol. The molecule has 1 saturated carbocycles. The fourth-order valence-electron chi connectivity index (χ4n) is 3.13. The van der Waals surface area contributed by atoms with E-state index in [9.17, 15) is 0 Å². The summed E-state index contributed by atoms with van der Waals surface area (Å²) in [7, 11) is 0. The molecule has 18 heavy (non-hydrogen) atoms. The van der Waals surface area contributed by atoms with Gasteiger partial charge in [0, 0.05) is 12.6 Å². The van der Waals surface area contributed by atoms with Crippen molar-refractivity contribution in [2.24, 2.45) is 11.7 Å². The molecule has 1 heterocycles. The second-order valence-electron chi connectivity index (χ2n) is 5.35. The second kappa shape index (κ2) is 4.73. The van der Waals surface area contributed by atoms with E-state index in [1.54, 1.807) is 0 Å². The van der Waals surface area contributed by atoms with E-state index in [1.807, 2.05) is 6.33 Å². The van der Waals surface area contributed by atoms with Gasteiger partial charge in [-0.3, -0.25) is 0 Å². The van der Waals surface area contributed by atoms with Crippen LogP contribution in [-0.4, -0.2) is 9.55 Å². The van der Waals surface area contributed by atoms with Crippen molar-refractivity contribution in [1.29, 1.82) is 0 Å². The van der Waals surface area contributed by atoms with Crippen LogP contribution in [-0.2, 0) is 6.54 Å². The van der Waals surface area contributed by atoms with Crippen LogP contribution in [0, 0.1) is 5.92 Å². The number of hydrogen-bond donors (Lipinski definition) is 1. The van der Waals surface area contributed by atoms with Crippen LogP contribution in [0.25, 0.3) is 11.0 Å². The fraction of sp³-hybridized carbons (Fsp3) is 0.533. The Morgan fingerprint density at radius 3 is 2.89 bits per heavy atom. The van der Waals surface area contributed by atoms with Crippen molar-refractivity contribution in [3.63, 3.8) is 0 Å². The normalized spacial score (nSPS) is 18.6. The summed E-state index contributed by atoms with van der Waals surface area (Å²) < 4.78 is 2.17. The summed E-state index contributed by atoms with van der Waals surface area (Å²) in [6.07, 6.45) is 7.15. The lowest BCUT2D eigenvalue weighted by Crippen LogP contribution is -2.18. The van der Waals surface area contributed by atoms with Crippen LogP contribution in [0.1, 0.15) is 44.2 Å². The van der Waals surface area contributed by atoms with Gasteiger partial charge in [-0.15, -0.1) is 0 Å². The van der Waals surface area contributed by atoms with E-state index in [2.05, 4.69) is 34.7 Å². The minimum Gasteiger partial charge on any atom is -0.331 e. The molecule has 2 N–H and O–H groups in total. The first-order chi connectivity index (χ1) is 8.79. The molecule has 0 bridgehead atoms. The molecule has 0 aliphatic heterocycles. The molecule has 0 amide bonds. The molecule has 1 aliphatic carbocycles. The Bertz CT molecular complexity index is 538. The topological polar surface area (TPSA) is 43.8 Å². The van der Waals surface area contributed by atoms with E-state index in [0.717, 1.165) is 12.1 Å². The molecular formula is C15H21N3. The third-order valence-electron chi connectivity index (χ3n) is 4.28. The van der Waals surface area contributed by atoms with E-state index in [-0.39, 0.29) is 6.04 Å². The van der Waals surface area contributed by atoms with Crippen molar-refractivity contribution in [3.8, 4) is 0 Å². The maximum absolute atomic E-state index is 6.40. The average Bonchev–Trinajstić information content (AvgIpc) is 3.06. The summed E-state index contributed by atoms with van der Waals surface area (Å²) >= 11 is 0. The zero-order valence-corrected chi connectivity index (χ0v) is 11.0. The van der Waals surface area contributed by atoms with Gasteiger partial charge in [-0.05, 0) is 43.4 Å². The minimum absolute atomic E-state index is 0.184. The molecule has 3 rings (SSSR count). The Labute approximate surface area is 108 Å². The van der Waals surface area contributed by atoms with Gasteiger partial charge < -0.3 is 10.3 Å². The Morgan fingerprint density at radius 1 is 1.39 bits per heavy atom. The Balaban J connectivity index is 1.92. The van der Waals surface area contributed by atoms with Crippen LogP contribution >= 0.6 is 0 Å². The van der Waals surface area contributed by atoms with Gasteiger partial charge in [0.2, 0.25) is 0 Å². The number of nitrogens with two attached hydrogens (primary N) is 1. The van der Waals surface area contributed by atoms with E-state index < -0.39 is 0 Å². The standard InChI is InChI=1S/C15H21N3/c1-2-18-10-17-13-9-12(7-8-14(13)18)15(16)11-5-3-4-6-11/h7-11,15H,2-6,16H2,1H3. The molecule has 1 aromatic carbocycles. The summed E-state index contributed by atoms with van der Waals surface area (Å²) in [6, 6.07) is 6.70. The molecule has 1 atom stereocenters. The molecule has 3 heteroatoms. The molecule has 1 aromatic heterocycles. The van der Waals surface area contributed by atoms with Gasteiger partial charge in [-0.2, -0.15) is 0 Å². The third kappa shape index (κ3) is 1.93. The molecule has 0 spiro atoms. The zero-order chi connectivity index (χ0) is 12.5. The van der Waals surface area contributed by atoms with Gasteiger partial charge in [0.1, 0.15) is 0 Å². The number of benzene rings is 1. The van der Waals surface area contributed by atoms with E-state index >= 15 is 0 Å². The summed E-state index contributed by atoms with van der Waals surface area (Å²) in [4.78, 5) is 4.47. The molecule has 2 aromatic rings. The summed E-state index contributed by atoms with van der Waals surface area (Å²) in [6.45, 7) is 3.10. The second-order valence-corrected chi connectivity index (χ2v) is 5.35. The molecule has 96 valence electrons.